The van der Waals surface area contributed by atoms with Crippen molar-refractivity contribution < 1.29 is 8.42 Å². The van der Waals surface area contributed by atoms with Crippen LogP contribution in [0, 0.1) is 6.07 Å². The predicted molar refractivity (Wildman–Crippen MR) is 78.2 cm³/mol. The lowest BCUT2D eigenvalue weighted by molar-refractivity contribution is 0.555. The van der Waals surface area contributed by atoms with Crippen LogP contribution in [0.2, 0.25) is 5.02 Å². The van der Waals surface area contributed by atoms with Crippen molar-refractivity contribution in [3.05, 3.63) is 64.7 Å². The lowest BCUT2D eigenvalue weighted by Gasteiger charge is -2.12. The van der Waals surface area contributed by atoms with E-state index in [9.17, 15) is 8.42 Å². The fourth-order valence-corrected chi connectivity index (χ4v) is 3.84. The van der Waals surface area contributed by atoms with E-state index in [4.69, 9.17) is 11.6 Å². The topological polar surface area (TPSA) is 46.2 Å². The Bertz CT molecular complexity index is 701. The fraction of sp³-hybridized carbons (Fsp3) is 0.200. The standard InChI is InChI=1S/C15H13ClNO2S/c16-13-5-7-15(8-6-13)20(18,19)17-14-9-11-3-1-2-4-12(11)10-14/h1,3-8,14,17H,9-10H2. The van der Waals surface area contributed by atoms with Crippen LogP contribution in [-0.2, 0) is 22.9 Å². The van der Waals surface area contributed by atoms with Crippen LogP contribution in [0.25, 0.3) is 0 Å². The molecular weight excluding hydrogens is 294 g/mol. The van der Waals surface area contributed by atoms with Crippen LogP contribution >= 0.6 is 11.6 Å². The zero-order valence-electron chi connectivity index (χ0n) is 10.6. The lowest BCUT2D eigenvalue weighted by Crippen LogP contribution is -2.35. The molecule has 2 aromatic carbocycles. The van der Waals surface area contributed by atoms with E-state index in [0.29, 0.717) is 11.4 Å². The van der Waals surface area contributed by atoms with Gasteiger partial charge in [-0.2, -0.15) is 0 Å². The molecule has 3 nitrogen and oxygen atoms in total. The van der Waals surface area contributed by atoms with E-state index in [1.54, 1.807) is 12.1 Å². The number of nitrogens with one attached hydrogen (secondary N) is 1. The van der Waals surface area contributed by atoms with E-state index in [2.05, 4.69) is 10.8 Å². The zero-order valence-corrected chi connectivity index (χ0v) is 12.2. The van der Waals surface area contributed by atoms with Gasteiger partial charge in [0.15, 0.2) is 0 Å². The third-order valence-electron chi connectivity index (χ3n) is 3.43. The van der Waals surface area contributed by atoms with Crippen LogP contribution in [0.5, 0.6) is 0 Å². The maximum Gasteiger partial charge on any atom is 0.240 e. The molecule has 1 radical (unpaired) electrons. The van der Waals surface area contributed by atoms with Gasteiger partial charge in [-0.05, 0) is 54.3 Å². The molecule has 0 heterocycles. The molecule has 0 fully saturated rings. The normalized spacial score (nSPS) is 15.2. The summed E-state index contributed by atoms with van der Waals surface area (Å²) in [5.74, 6) is 0. The van der Waals surface area contributed by atoms with Crippen molar-refractivity contribution in [3.8, 4) is 0 Å². The Morgan fingerprint density at radius 3 is 2.50 bits per heavy atom. The summed E-state index contributed by atoms with van der Waals surface area (Å²) in [5.41, 5.74) is 2.35. The average Bonchev–Trinajstić information content (AvgIpc) is 2.80. The quantitative estimate of drug-likeness (QED) is 0.947. The highest BCUT2D eigenvalue weighted by atomic mass is 35.5. The highest BCUT2D eigenvalue weighted by Crippen LogP contribution is 2.23. The first-order valence-electron chi connectivity index (χ1n) is 6.30. The second-order valence-electron chi connectivity index (χ2n) is 4.88. The molecule has 1 aliphatic carbocycles. The zero-order chi connectivity index (χ0) is 14.2. The van der Waals surface area contributed by atoms with Crippen molar-refractivity contribution in [2.75, 3.05) is 0 Å². The number of rotatable bonds is 3. The Labute approximate surface area is 123 Å². The first-order chi connectivity index (χ1) is 9.54. The molecule has 0 bridgehead atoms. The van der Waals surface area contributed by atoms with Gasteiger partial charge in [0, 0.05) is 11.1 Å². The Morgan fingerprint density at radius 1 is 1.10 bits per heavy atom. The lowest BCUT2D eigenvalue weighted by atomic mass is 10.1. The highest BCUT2D eigenvalue weighted by Gasteiger charge is 2.26. The van der Waals surface area contributed by atoms with Crippen molar-refractivity contribution in [1.82, 2.24) is 4.72 Å². The van der Waals surface area contributed by atoms with Gasteiger partial charge in [0.25, 0.3) is 0 Å². The fourth-order valence-electron chi connectivity index (χ4n) is 2.47. The van der Waals surface area contributed by atoms with Crippen molar-refractivity contribution in [3.63, 3.8) is 0 Å². The molecule has 0 aliphatic heterocycles. The van der Waals surface area contributed by atoms with Crippen molar-refractivity contribution in [2.24, 2.45) is 0 Å². The summed E-state index contributed by atoms with van der Waals surface area (Å²) in [5, 5.41) is 0.521. The van der Waals surface area contributed by atoms with Gasteiger partial charge >= 0.3 is 0 Å². The summed E-state index contributed by atoms with van der Waals surface area (Å²) < 4.78 is 27.3. The Balaban J connectivity index is 1.77. The SMILES string of the molecule is O=S(=O)(NC1Cc2c[c]ccc2C1)c1ccc(Cl)cc1. The van der Waals surface area contributed by atoms with E-state index < -0.39 is 10.0 Å². The largest absolute Gasteiger partial charge is 0.240 e. The number of hydrogen-bond donors (Lipinski definition) is 1. The molecule has 1 N–H and O–H groups in total. The minimum Gasteiger partial charge on any atom is -0.207 e. The van der Waals surface area contributed by atoms with Crippen LogP contribution in [-0.4, -0.2) is 14.5 Å². The molecule has 20 heavy (non-hydrogen) atoms. The third kappa shape index (κ3) is 2.73. The number of sulfonamides is 1. The summed E-state index contributed by atoms with van der Waals surface area (Å²) in [4.78, 5) is 0.240. The minimum atomic E-state index is -3.50. The van der Waals surface area contributed by atoms with E-state index in [1.807, 2.05) is 18.2 Å². The molecule has 0 amide bonds. The predicted octanol–water partition coefficient (Wildman–Crippen LogP) is 2.59. The molecule has 2 aromatic rings. The van der Waals surface area contributed by atoms with E-state index in [0.717, 1.165) is 12.0 Å². The molecule has 0 aromatic heterocycles. The first kappa shape index (κ1) is 13.6. The summed E-state index contributed by atoms with van der Waals surface area (Å²) >= 11 is 5.77. The highest BCUT2D eigenvalue weighted by molar-refractivity contribution is 7.89. The third-order valence-corrected chi connectivity index (χ3v) is 5.22. The van der Waals surface area contributed by atoms with Crippen molar-refractivity contribution in [2.45, 2.75) is 23.8 Å². The van der Waals surface area contributed by atoms with Gasteiger partial charge in [0.1, 0.15) is 0 Å². The number of fused-ring (bicyclic) bond motifs is 1. The van der Waals surface area contributed by atoms with Crippen LogP contribution in [0.3, 0.4) is 0 Å². The monoisotopic (exact) mass is 306 g/mol. The average molecular weight is 307 g/mol. The molecule has 1 atom stereocenters. The second kappa shape index (κ2) is 5.20. The number of halogens is 1. The van der Waals surface area contributed by atoms with Crippen LogP contribution in [0.1, 0.15) is 11.1 Å². The molecule has 0 saturated carbocycles. The smallest absolute Gasteiger partial charge is 0.207 e. The van der Waals surface area contributed by atoms with Gasteiger partial charge in [-0.25, -0.2) is 13.1 Å². The molecule has 5 heteroatoms. The molecular formula is C15H13ClNO2S. The van der Waals surface area contributed by atoms with E-state index in [-0.39, 0.29) is 10.9 Å². The van der Waals surface area contributed by atoms with Gasteiger partial charge in [-0.15, -0.1) is 0 Å². The summed E-state index contributed by atoms with van der Waals surface area (Å²) in [6.07, 6.45) is 1.43. The molecule has 3 rings (SSSR count). The Hall–Kier alpha value is -1.36. The second-order valence-corrected chi connectivity index (χ2v) is 7.03. The van der Waals surface area contributed by atoms with Crippen molar-refractivity contribution >= 4 is 21.6 Å². The number of benzene rings is 2. The Kier molecular flexibility index (Phi) is 3.54. The van der Waals surface area contributed by atoms with Gasteiger partial charge < -0.3 is 0 Å². The van der Waals surface area contributed by atoms with Gasteiger partial charge in [0.05, 0.1) is 4.90 Å². The molecule has 1 aliphatic rings. The first-order valence-corrected chi connectivity index (χ1v) is 8.16. The molecule has 1 unspecified atom stereocenters. The maximum atomic E-state index is 12.3. The summed E-state index contributed by atoms with van der Waals surface area (Å²) in [6, 6.07) is 14.9. The van der Waals surface area contributed by atoms with E-state index in [1.165, 1.54) is 17.7 Å². The molecule has 0 saturated heterocycles. The number of hydrogen-bond acceptors (Lipinski definition) is 2. The van der Waals surface area contributed by atoms with Gasteiger partial charge in [-0.1, -0.05) is 29.8 Å². The molecule has 103 valence electrons. The Morgan fingerprint density at radius 2 is 1.80 bits per heavy atom. The van der Waals surface area contributed by atoms with Gasteiger partial charge in [-0.3, -0.25) is 0 Å². The van der Waals surface area contributed by atoms with Crippen LogP contribution in [0.4, 0.5) is 0 Å². The van der Waals surface area contributed by atoms with Crippen LogP contribution < -0.4 is 4.72 Å². The molecule has 0 spiro atoms. The van der Waals surface area contributed by atoms with Crippen LogP contribution in [0.15, 0.2) is 47.4 Å². The summed E-state index contributed by atoms with van der Waals surface area (Å²) in [6.45, 7) is 0. The maximum absolute atomic E-state index is 12.3. The van der Waals surface area contributed by atoms with E-state index >= 15 is 0 Å². The minimum absolute atomic E-state index is 0.0959. The van der Waals surface area contributed by atoms with Crippen molar-refractivity contribution in [1.29, 1.82) is 0 Å². The summed E-state index contributed by atoms with van der Waals surface area (Å²) in [7, 11) is -3.50. The van der Waals surface area contributed by atoms with Gasteiger partial charge in [0.2, 0.25) is 10.0 Å².